The molecule has 0 spiro atoms. The van der Waals surface area contributed by atoms with Crippen LogP contribution in [-0.2, 0) is 28.6 Å². The molecule has 0 rings (SSSR count). The van der Waals surface area contributed by atoms with Gasteiger partial charge < -0.3 is 14.2 Å². The van der Waals surface area contributed by atoms with E-state index < -0.39 is 6.10 Å². The van der Waals surface area contributed by atoms with Gasteiger partial charge in [-0.2, -0.15) is 0 Å². The molecule has 0 aromatic rings. The first-order chi connectivity index (χ1) is 33.5. The number of carbonyl (C=O) groups is 3. The SMILES string of the molecule is CC/C=C\C/C=C\C/C=C\C/C=C\C/C=C\C/C=C\CCC(=O)O[C@@H](COC(=O)CCCCCCCCCCCCCC)COC(=O)CCCCCCCCCCCCCCCCCCCCC. The average Bonchev–Trinajstić information content (AvgIpc) is 3.34. The fourth-order valence-corrected chi connectivity index (χ4v) is 8.18. The lowest BCUT2D eigenvalue weighted by Gasteiger charge is -2.18. The van der Waals surface area contributed by atoms with Gasteiger partial charge in [-0.1, -0.05) is 280 Å². The van der Waals surface area contributed by atoms with Crippen molar-refractivity contribution in [3.05, 3.63) is 72.9 Å². The minimum absolute atomic E-state index is 0.102. The Hall–Kier alpha value is -3.15. The summed E-state index contributed by atoms with van der Waals surface area (Å²) in [5.41, 5.74) is 0. The van der Waals surface area contributed by atoms with Gasteiger partial charge in [-0.05, 0) is 57.8 Å². The number of hydrogen-bond donors (Lipinski definition) is 0. The number of esters is 3. The van der Waals surface area contributed by atoms with Crippen molar-refractivity contribution < 1.29 is 28.6 Å². The third-order valence-corrected chi connectivity index (χ3v) is 12.5. The molecule has 0 aliphatic heterocycles. The zero-order valence-corrected chi connectivity index (χ0v) is 44.9. The highest BCUT2D eigenvalue weighted by Gasteiger charge is 2.19. The molecule has 0 aromatic heterocycles. The fourth-order valence-electron chi connectivity index (χ4n) is 8.18. The van der Waals surface area contributed by atoms with Crippen LogP contribution in [0, 0.1) is 0 Å². The molecule has 6 nitrogen and oxygen atoms in total. The minimum Gasteiger partial charge on any atom is -0.462 e. The lowest BCUT2D eigenvalue weighted by molar-refractivity contribution is -0.166. The largest absolute Gasteiger partial charge is 0.462 e. The molecule has 0 fully saturated rings. The van der Waals surface area contributed by atoms with Crippen LogP contribution in [-0.4, -0.2) is 37.2 Å². The van der Waals surface area contributed by atoms with Crippen LogP contribution >= 0.6 is 0 Å². The summed E-state index contributed by atoms with van der Waals surface area (Å²) >= 11 is 0. The van der Waals surface area contributed by atoms with E-state index in [1.54, 1.807) is 0 Å². The molecule has 0 N–H and O–H groups in total. The van der Waals surface area contributed by atoms with Crippen molar-refractivity contribution in [1.29, 1.82) is 0 Å². The van der Waals surface area contributed by atoms with Crippen LogP contribution in [0.1, 0.15) is 284 Å². The lowest BCUT2D eigenvalue weighted by atomic mass is 10.0. The zero-order valence-electron chi connectivity index (χ0n) is 44.9. The van der Waals surface area contributed by atoms with Crippen molar-refractivity contribution in [2.75, 3.05) is 13.2 Å². The van der Waals surface area contributed by atoms with Gasteiger partial charge in [0.25, 0.3) is 0 Å². The molecule has 0 saturated heterocycles. The molecule has 6 heteroatoms. The molecular weight excluding hydrogens is 841 g/mol. The summed E-state index contributed by atoms with van der Waals surface area (Å²) in [6.45, 7) is 6.49. The summed E-state index contributed by atoms with van der Waals surface area (Å²) in [4.78, 5) is 38.1. The lowest BCUT2D eigenvalue weighted by Crippen LogP contribution is -2.30. The molecule has 0 heterocycles. The van der Waals surface area contributed by atoms with E-state index >= 15 is 0 Å². The molecule has 0 radical (unpaired) electrons. The third-order valence-electron chi connectivity index (χ3n) is 12.5. The zero-order chi connectivity index (χ0) is 49.3. The predicted molar refractivity (Wildman–Crippen MR) is 293 cm³/mol. The number of unbranched alkanes of at least 4 members (excludes halogenated alkanes) is 29. The Balaban J connectivity index is 4.43. The Morgan fingerprint density at radius 2 is 0.574 bits per heavy atom. The highest BCUT2D eigenvalue weighted by atomic mass is 16.6. The summed E-state index contributed by atoms with van der Waals surface area (Å²) in [5, 5.41) is 0. The van der Waals surface area contributed by atoms with Crippen LogP contribution in [0.2, 0.25) is 0 Å². The topological polar surface area (TPSA) is 78.9 Å². The Morgan fingerprint density at radius 3 is 0.868 bits per heavy atom. The molecule has 0 aliphatic carbocycles. The standard InChI is InChI=1S/C62H108O6/c1-4-7-10-13-16-19-22-25-27-29-31-33-35-37-40-43-46-49-52-55-61(64)67-58-59(57-66-60(63)54-51-48-45-42-39-24-21-18-15-12-9-6-3)68-62(65)56-53-50-47-44-41-38-36-34-32-30-28-26-23-20-17-14-11-8-5-2/h8,11,17,20,26,28,32,34,38,41,47,50,59H,4-7,9-10,12-16,18-19,21-25,27,29-31,33,35-37,39-40,42-46,48-49,51-58H2,1-3H3/b11-8-,20-17-,28-26-,34-32-,41-38-,50-47-/t59-/m0/s1. The molecule has 392 valence electrons. The monoisotopic (exact) mass is 949 g/mol. The highest BCUT2D eigenvalue weighted by Crippen LogP contribution is 2.16. The van der Waals surface area contributed by atoms with Crippen LogP contribution in [0.15, 0.2) is 72.9 Å². The molecule has 68 heavy (non-hydrogen) atoms. The summed E-state index contributed by atoms with van der Waals surface area (Å²) in [5.74, 6) is -0.975. The van der Waals surface area contributed by atoms with Crippen molar-refractivity contribution in [3.63, 3.8) is 0 Å². The number of rotatable bonds is 52. The molecule has 0 amide bonds. The number of allylic oxidation sites excluding steroid dienone is 12. The van der Waals surface area contributed by atoms with Gasteiger partial charge in [0.05, 0.1) is 0 Å². The van der Waals surface area contributed by atoms with Crippen LogP contribution in [0.25, 0.3) is 0 Å². The Morgan fingerprint density at radius 1 is 0.309 bits per heavy atom. The molecular formula is C62H108O6. The summed E-state index contributed by atoms with van der Waals surface area (Å²) in [6, 6.07) is 0. The van der Waals surface area contributed by atoms with Gasteiger partial charge in [-0.3, -0.25) is 14.4 Å². The quantitative estimate of drug-likeness (QED) is 0.0262. The Labute approximate surface area is 421 Å². The molecule has 1 atom stereocenters. The van der Waals surface area contributed by atoms with Crippen molar-refractivity contribution in [2.24, 2.45) is 0 Å². The third kappa shape index (κ3) is 53.8. The first kappa shape index (κ1) is 64.8. The van der Waals surface area contributed by atoms with E-state index in [9.17, 15) is 14.4 Å². The van der Waals surface area contributed by atoms with E-state index in [1.807, 2.05) is 6.08 Å². The maximum atomic E-state index is 12.8. The van der Waals surface area contributed by atoms with Gasteiger partial charge >= 0.3 is 17.9 Å². The molecule has 0 aliphatic rings. The predicted octanol–water partition coefficient (Wildman–Crippen LogP) is 19.4. The Bertz CT molecular complexity index is 1270. The first-order valence-corrected chi connectivity index (χ1v) is 28.9. The van der Waals surface area contributed by atoms with E-state index in [0.717, 1.165) is 77.0 Å². The second-order valence-electron chi connectivity index (χ2n) is 19.2. The minimum atomic E-state index is -0.812. The van der Waals surface area contributed by atoms with Gasteiger partial charge in [0.15, 0.2) is 6.10 Å². The summed E-state index contributed by atoms with van der Waals surface area (Å²) in [6.07, 6.45) is 71.9. The van der Waals surface area contributed by atoms with Gasteiger partial charge in [0.1, 0.15) is 13.2 Å². The summed E-state index contributed by atoms with van der Waals surface area (Å²) < 4.78 is 16.8. The van der Waals surface area contributed by atoms with Gasteiger partial charge in [-0.25, -0.2) is 0 Å². The number of hydrogen-bond acceptors (Lipinski definition) is 6. The molecule has 0 saturated carbocycles. The normalized spacial score (nSPS) is 12.6. The van der Waals surface area contributed by atoms with Crippen molar-refractivity contribution >= 4 is 17.9 Å². The second-order valence-corrected chi connectivity index (χ2v) is 19.2. The maximum Gasteiger partial charge on any atom is 0.306 e. The smallest absolute Gasteiger partial charge is 0.306 e. The van der Waals surface area contributed by atoms with Crippen LogP contribution in [0.5, 0.6) is 0 Å². The second kappa shape index (κ2) is 56.4. The van der Waals surface area contributed by atoms with Gasteiger partial charge in [-0.15, -0.1) is 0 Å². The van der Waals surface area contributed by atoms with E-state index in [-0.39, 0.29) is 37.5 Å². The van der Waals surface area contributed by atoms with Crippen molar-refractivity contribution in [3.8, 4) is 0 Å². The first-order valence-electron chi connectivity index (χ1n) is 28.9. The van der Waals surface area contributed by atoms with Crippen LogP contribution in [0.3, 0.4) is 0 Å². The molecule has 0 unspecified atom stereocenters. The van der Waals surface area contributed by atoms with Crippen LogP contribution < -0.4 is 0 Å². The average molecular weight is 950 g/mol. The Kier molecular flexibility index (Phi) is 53.8. The van der Waals surface area contributed by atoms with E-state index in [0.29, 0.717) is 19.3 Å². The van der Waals surface area contributed by atoms with Gasteiger partial charge in [0.2, 0.25) is 0 Å². The van der Waals surface area contributed by atoms with Gasteiger partial charge in [0, 0.05) is 19.3 Å². The number of ether oxygens (including phenoxy) is 3. The van der Waals surface area contributed by atoms with Crippen LogP contribution in [0.4, 0.5) is 0 Å². The molecule has 0 aromatic carbocycles. The van der Waals surface area contributed by atoms with E-state index in [1.165, 1.54) is 161 Å². The summed E-state index contributed by atoms with van der Waals surface area (Å²) in [7, 11) is 0. The van der Waals surface area contributed by atoms with E-state index in [2.05, 4.69) is 87.6 Å². The maximum absolute atomic E-state index is 12.8. The highest BCUT2D eigenvalue weighted by molar-refractivity contribution is 5.71. The van der Waals surface area contributed by atoms with Crippen molar-refractivity contribution in [1.82, 2.24) is 0 Å². The fraction of sp³-hybridized carbons (Fsp3) is 0.758. The van der Waals surface area contributed by atoms with Crippen molar-refractivity contribution in [2.45, 2.75) is 290 Å². The number of carbonyl (C=O) groups excluding carboxylic acids is 3. The van der Waals surface area contributed by atoms with E-state index in [4.69, 9.17) is 14.2 Å². The molecule has 0 bridgehead atoms.